The smallest absolute Gasteiger partial charge is 0.296 e. The van der Waals surface area contributed by atoms with Gasteiger partial charge in [0.05, 0.1) is 16.8 Å². The fourth-order valence-corrected chi connectivity index (χ4v) is 3.19. The van der Waals surface area contributed by atoms with Crippen molar-refractivity contribution < 1.29 is 22.6 Å². The molecule has 0 saturated carbocycles. The Morgan fingerprint density at radius 1 is 0.913 bits per heavy atom. The third-order valence-corrected chi connectivity index (χ3v) is 4.40. The van der Waals surface area contributed by atoms with Crippen molar-refractivity contribution in [3.63, 3.8) is 0 Å². The number of fused-ring (bicyclic) bond motifs is 2. The highest BCUT2D eigenvalue weighted by Gasteiger charge is 2.35. The van der Waals surface area contributed by atoms with Gasteiger partial charge in [-0.1, -0.05) is 24.3 Å². The van der Waals surface area contributed by atoms with E-state index in [1.54, 1.807) is 12.1 Å². The number of nitrogens with two attached hydrogens (primary N) is 2. The summed E-state index contributed by atoms with van der Waals surface area (Å²) < 4.78 is 31.9. The maximum absolute atomic E-state index is 12.5. The van der Waals surface area contributed by atoms with E-state index in [-0.39, 0.29) is 40.3 Å². The molecule has 7 nitrogen and oxygen atoms in total. The Kier molecular flexibility index (Phi) is 3.93. The maximum atomic E-state index is 12.5. The zero-order chi connectivity index (χ0) is 16.2. The molecule has 1 aliphatic carbocycles. The third kappa shape index (κ3) is 2.37. The quantitative estimate of drug-likeness (QED) is 0.441. The van der Waals surface area contributed by atoms with Gasteiger partial charge in [-0.3, -0.25) is 14.1 Å². The van der Waals surface area contributed by atoms with Crippen LogP contribution < -0.4 is 11.5 Å². The lowest BCUT2D eigenvalue weighted by Gasteiger charge is -2.21. The first-order chi connectivity index (χ1) is 10.2. The van der Waals surface area contributed by atoms with E-state index < -0.39 is 32.3 Å². The van der Waals surface area contributed by atoms with Gasteiger partial charge in [0.25, 0.3) is 10.1 Å². The molecule has 0 radical (unpaired) electrons. The number of nitrogen functional groups attached to an aromatic ring is 2. The molecule has 0 amide bonds. The zero-order valence-corrected chi connectivity index (χ0v) is 13.1. The van der Waals surface area contributed by atoms with Crippen LogP contribution in [-0.4, -0.2) is 24.5 Å². The lowest BCUT2D eigenvalue weighted by atomic mass is 9.82. The Labute approximate surface area is 137 Å². The second kappa shape index (κ2) is 5.34. The van der Waals surface area contributed by atoms with Gasteiger partial charge in [-0.05, 0) is 6.07 Å². The minimum absolute atomic E-state index is 0. The van der Waals surface area contributed by atoms with Crippen LogP contribution in [0.4, 0.5) is 11.4 Å². The van der Waals surface area contributed by atoms with Crippen LogP contribution in [0.15, 0.2) is 35.2 Å². The molecule has 1 aliphatic rings. The number of carbonyl (C=O) groups excluding carboxylic acids is 2. The highest BCUT2D eigenvalue weighted by Crippen LogP contribution is 2.37. The summed E-state index contributed by atoms with van der Waals surface area (Å²) in [7, 11) is -4.68. The summed E-state index contributed by atoms with van der Waals surface area (Å²) in [4.78, 5) is 24.3. The Bertz CT molecular complexity index is 969. The van der Waals surface area contributed by atoms with Gasteiger partial charge < -0.3 is 11.5 Å². The molecule has 0 aromatic heterocycles. The fourth-order valence-electron chi connectivity index (χ4n) is 2.54. The van der Waals surface area contributed by atoms with Crippen LogP contribution in [0.25, 0.3) is 0 Å². The summed E-state index contributed by atoms with van der Waals surface area (Å²) in [5, 5.41) is 0. The van der Waals surface area contributed by atoms with E-state index in [9.17, 15) is 22.6 Å². The Balaban J connectivity index is 0.00000192. The molecule has 0 heterocycles. The number of ketones is 2. The second-order valence-corrected chi connectivity index (χ2v) is 6.20. The molecule has 120 valence electrons. The summed E-state index contributed by atoms with van der Waals surface area (Å²) in [5.41, 5.74) is 10.5. The van der Waals surface area contributed by atoms with Gasteiger partial charge >= 0.3 is 0 Å². The molecule has 5 N–H and O–H groups in total. The minimum atomic E-state index is -4.68. The van der Waals surface area contributed by atoms with Gasteiger partial charge in [0, 0.05) is 16.8 Å². The van der Waals surface area contributed by atoms with Crippen molar-refractivity contribution in [2.45, 2.75) is 4.90 Å². The van der Waals surface area contributed by atoms with Crippen molar-refractivity contribution in [1.82, 2.24) is 0 Å². The van der Waals surface area contributed by atoms with E-state index in [1.807, 2.05) is 0 Å². The fraction of sp³-hybridized carbons (Fsp3) is 0. The van der Waals surface area contributed by atoms with Crippen LogP contribution in [0.5, 0.6) is 0 Å². The molecule has 3 rings (SSSR count). The Hall–Kier alpha value is -2.42. The molecule has 2 aromatic rings. The van der Waals surface area contributed by atoms with Crippen LogP contribution in [0.3, 0.4) is 0 Å². The summed E-state index contributed by atoms with van der Waals surface area (Å²) in [6, 6.07) is 6.96. The molecule has 2 aromatic carbocycles. The normalized spacial score (nSPS) is 13.1. The number of hydrogen-bond donors (Lipinski definition) is 3. The molecule has 0 fully saturated rings. The third-order valence-electron chi connectivity index (χ3n) is 3.51. The average Bonchev–Trinajstić information content (AvgIpc) is 2.45. The van der Waals surface area contributed by atoms with E-state index in [2.05, 4.69) is 0 Å². The highest BCUT2D eigenvalue weighted by molar-refractivity contribution is 7.86. The van der Waals surface area contributed by atoms with E-state index in [0.29, 0.717) is 0 Å². The van der Waals surface area contributed by atoms with E-state index >= 15 is 0 Å². The zero-order valence-electron chi connectivity index (χ0n) is 11.4. The molecule has 0 aliphatic heterocycles. The van der Waals surface area contributed by atoms with Gasteiger partial charge in [-0.25, -0.2) is 0 Å². The van der Waals surface area contributed by atoms with E-state index in [0.717, 1.165) is 6.07 Å². The molecule has 0 spiro atoms. The lowest BCUT2D eigenvalue weighted by molar-refractivity contribution is 0.0980. The molecule has 23 heavy (non-hydrogen) atoms. The van der Waals surface area contributed by atoms with Crippen molar-refractivity contribution in [3.8, 4) is 0 Å². The van der Waals surface area contributed by atoms with Crippen LogP contribution in [0, 0.1) is 0 Å². The average molecular weight is 355 g/mol. The van der Waals surface area contributed by atoms with Crippen LogP contribution >= 0.6 is 12.4 Å². The number of rotatable bonds is 1. The first kappa shape index (κ1) is 16.9. The molecule has 0 atom stereocenters. The summed E-state index contributed by atoms with van der Waals surface area (Å²) in [6.07, 6.45) is 0. The summed E-state index contributed by atoms with van der Waals surface area (Å²) in [6.45, 7) is 0. The summed E-state index contributed by atoms with van der Waals surface area (Å²) in [5.74, 6) is -1.13. The topological polar surface area (TPSA) is 141 Å². The van der Waals surface area contributed by atoms with Gasteiger partial charge in [-0.15, -0.1) is 12.4 Å². The predicted molar refractivity (Wildman–Crippen MR) is 85.6 cm³/mol. The molecular weight excluding hydrogens is 344 g/mol. The van der Waals surface area contributed by atoms with Gasteiger partial charge in [0.15, 0.2) is 11.6 Å². The van der Waals surface area contributed by atoms with Gasteiger partial charge in [0.1, 0.15) is 4.90 Å². The van der Waals surface area contributed by atoms with E-state index in [1.165, 1.54) is 12.1 Å². The van der Waals surface area contributed by atoms with Gasteiger partial charge in [-0.2, -0.15) is 8.42 Å². The SMILES string of the molecule is Cl.Nc1cc(S(=O)(=O)O)c(N)c2c1C(=O)c1ccccc1C2=O. The predicted octanol–water partition coefficient (Wildman–Crippen LogP) is 1.29. The van der Waals surface area contributed by atoms with E-state index in [4.69, 9.17) is 11.5 Å². The standard InChI is InChI=1S/C14H10N2O5S.ClH/c15-8-5-9(22(19,20)21)12(16)11-10(8)13(17)6-3-1-2-4-7(6)14(11)18;/h1-5H,15-16H2,(H,19,20,21);1H. The Morgan fingerprint density at radius 3 is 1.87 bits per heavy atom. The number of benzene rings is 2. The van der Waals surface area contributed by atoms with Gasteiger partial charge in [0.2, 0.25) is 0 Å². The second-order valence-electron chi connectivity index (χ2n) is 4.81. The molecule has 0 unspecified atom stereocenters. The molecule has 0 saturated heterocycles. The summed E-state index contributed by atoms with van der Waals surface area (Å²) >= 11 is 0. The van der Waals surface area contributed by atoms with Crippen molar-refractivity contribution in [2.24, 2.45) is 0 Å². The number of carbonyl (C=O) groups is 2. The minimum Gasteiger partial charge on any atom is -0.398 e. The molecular formula is C14H11ClN2O5S. The first-order valence-electron chi connectivity index (χ1n) is 6.11. The molecule has 0 bridgehead atoms. The van der Waals surface area contributed by atoms with Crippen molar-refractivity contribution in [2.75, 3.05) is 11.5 Å². The number of hydrogen-bond acceptors (Lipinski definition) is 6. The van der Waals surface area contributed by atoms with Crippen molar-refractivity contribution >= 4 is 45.5 Å². The Morgan fingerprint density at radius 2 is 1.39 bits per heavy atom. The van der Waals surface area contributed by atoms with Crippen LogP contribution in [-0.2, 0) is 10.1 Å². The largest absolute Gasteiger partial charge is 0.398 e. The first-order valence-corrected chi connectivity index (χ1v) is 7.55. The monoisotopic (exact) mass is 354 g/mol. The molecule has 9 heteroatoms. The number of halogens is 1. The van der Waals surface area contributed by atoms with Crippen molar-refractivity contribution in [3.05, 3.63) is 52.6 Å². The van der Waals surface area contributed by atoms with Crippen LogP contribution in [0.1, 0.15) is 31.8 Å². The van der Waals surface area contributed by atoms with Crippen LogP contribution in [0.2, 0.25) is 0 Å². The maximum Gasteiger partial charge on any atom is 0.296 e. The van der Waals surface area contributed by atoms with Crippen molar-refractivity contribution in [1.29, 1.82) is 0 Å². The lowest BCUT2D eigenvalue weighted by Crippen LogP contribution is -2.25. The highest BCUT2D eigenvalue weighted by atomic mass is 35.5. The number of anilines is 2.